The van der Waals surface area contributed by atoms with Crippen molar-refractivity contribution in [2.24, 2.45) is 0 Å². The van der Waals surface area contributed by atoms with E-state index in [1.165, 1.54) is 12.5 Å². The maximum atomic E-state index is 11.5. The van der Waals surface area contributed by atoms with Crippen LogP contribution >= 0.6 is 0 Å². The summed E-state index contributed by atoms with van der Waals surface area (Å²) in [4.78, 5) is 6.05. The van der Waals surface area contributed by atoms with Crippen LogP contribution < -0.4 is 4.72 Å². The summed E-state index contributed by atoms with van der Waals surface area (Å²) in [7, 11) is -3.63. The van der Waals surface area contributed by atoms with E-state index in [-0.39, 0.29) is 5.03 Å². The third-order valence-corrected chi connectivity index (χ3v) is 3.02. The first-order valence-electron chi connectivity index (χ1n) is 4.00. The predicted molar refractivity (Wildman–Crippen MR) is 48.6 cm³/mol. The monoisotopic (exact) mass is 214 g/mol. The largest absolute Gasteiger partial charge is 0.335 e. The van der Waals surface area contributed by atoms with Crippen molar-refractivity contribution in [2.45, 2.75) is 24.4 Å². The normalized spacial score (nSPS) is 13.4. The van der Waals surface area contributed by atoms with Crippen LogP contribution in [0.1, 0.15) is 13.3 Å². The lowest BCUT2D eigenvalue weighted by atomic mass is 10.3. The average Bonchev–Trinajstić information content (AvgIpc) is 2.67. The van der Waals surface area contributed by atoms with Gasteiger partial charge in [-0.3, -0.25) is 0 Å². The zero-order valence-corrected chi connectivity index (χ0v) is 8.37. The Morgan fingerprint density at radius 1 is 1.79 bits per heavy atom. The van der Waals surface area contributed by atoms with Crippen molar-refractivity contribution in [1.29, 1.82) is 5.26 Å². The Balaban J connectivity index is 2.84. The third-order valence-electron chi connectivity index (χ3n) is 1.62. The van der Waals surface area contributed by atoms with E-state index < -0.39 is 16.1 Å². The van der Waals surface area contributed by atoms with E-state index in [9.17, 15) is 8.42 Å². The number of imidazole rings is 1. The Hall–Kier alpha value is -1.39. The second-order valence-electron chi connectivity index (χ2n) is 2.63. The van der Waals surface area contributed by atoms with Gasteiger partial charge in [0.25, 0.3) is 10.0 Å². The first kappa shape index (κ1) is 10.7. The summed E-state index contributed by atoms with van der Waals surface area (Å²) >= 11 is 0. The van der Waals surface area contributed by atoms with Crippen molar-refractivity contribution in [3.63, 3.8) is 0 Å². The van der Waals surface area contributed by atoms with Gasteiger partial charge >= 0.3 is 0 Å². The molecule has 1 aromatic heterocycles. The highest BCUT2D eigenvalue weighted by Crippen LogP contribution is 2.03. The molecule has 0 saturated carbocycles. The number of aromatic nitrogens is 2. The van der Waals surface area contributed by atoms with E-state index in [0.29, 0.717) is 6.42 Å². The molecule has 0 spiro atoms. The molecule has 1 atom stereocenters. The van der Waals surface area contributed by atoms with Gasteiger partial charge in [0.05, 0.1) is 18.6 Å². The fourth-order valence-electron chi connectivity index (χ4n) is 0.842. The lowest BCUT2D eigenvalue weighted by Gasteiger charge is -2.07. The van der Waals surface area contributed by atoms with Crippen LogP contribution in [0, 0.1) is 11.3 Å². The van der Waals surface area contributed by atoms with Crippen LogP contribution in [0.2, 0.25) is 0 Å². The Morgan fingerprint density at radius 3 is 2.93 bits per heavy atom. The van der Waals surface area contributed by atoms with Crippen LogP contribution in [0.5, 0.6) is 0 Å². The summed E-state index contributed by atoms with van der Waals surface area (Å²) in [5.74, 6) is 0. The molecule has 0 aliphatic heterocycles. The highest BCUT2D eigenvalue weighted by molar-refractivity contribution is 7.89. The van der Waals surface area contributed by atoms with Gasteiger partial charge in [-0.1, -0.05) is 6.92 Å². The quantitative estimate of drug-likeness (QED) is 0.736. The van der Waals surface area contributed by atoms with Gasteiger partial charge in [0.1, 0.15) is 6.04 Å². The summed E-state index contributed by atoms with van der Waals surface area (Å²) in [6.07, 6.45) is 2.87. The maximum absolute atomic E-state index is 11.5. The van der Waals surface area contributed by atoms with E-state index in [1.54, 1.807) is 6.92 Å². The maximum Gasteiger partial charge on any atom is 0.258 e. The molecule has 14 heavy (non-hydrogen) atoms. The van der Waals surface area contributed by atoms with Gasteiger partial charge < -0.3 is 4.98 Å². The van der Waals surface area contributed by atoms with Crippen molar-refractivity contribution in [2.75, 3.05) is 0 Å². The minimum atomic E-state index is -3.63. The zero-order valence-electron chi connectivity index (χ0n) is 7.56. The molecule has 0 saturated heterocycles. The van der Waals surface area contributed by atoms with Gasteiger partial charge in [0.15, 0.2) is 5.03 Å². The molecular formula is C7H10N4O2S. The third kappa shape index (κ3) is 2.31. The summed E-state index contributed by atoms with van der Waals surface area (Å²) in [6, 6.07) is 1.14. The first-order chi connectivity index (χ1) is 6.60. The van der Waals surface area contributed by atoms with Crippen LogP contribution in [0.25, 0.3) is 0 Å². The van der Waals surface area contributed by atoms with Gasteiger partial charge in [-0.05, 0) is 6.42 Å². The molecule has 6 nitrogen and oxygen atoms in total. The smallest absolute Gasteiger partial charge is 0.258 e. The topological polar surface area (TPSA) is 98.6 Å². The van der Waals surface area contributed by atoms with Crippen molar-refractivity contribution in [3.8, 4) is 6.07 Å². The molecule has 0 bridgehead atoms. The SMILES string of the molecule is CCC(C#N)NS(=O)(=O)c1cnc[nH]1. The number of nitrogens with zero attached hydrogens (tertiary/aromatic N) is 2. The van der Waals surface area contributed by atoms with E-state index in [4.69, 9.17) is 5.26 Å². The predicted octanol–water partition coefficient (Wildman–Crippen LogP) is -0.00982. The molecule has 0 fully saturated rings. The highest BCUT2D eigenvalue weighted by atomic mass is 32.2. The molecule has 0 radical (unpaired) electrons. The number of nitriles is 1. The minimum Gasteiger partial charge on any atom is -0.335 e. The van der Waals surface area contributed by atoms with Crippen LogP contribution in [-0.2, 0) is 10.0 Å². The summed E-state index contributed by atoms with van der Waals surface area (Å²) in [5.41, 5.74) is 0. The Labute approximate surface area is 82.0 Å². The molecule has 1 unspecified atom stereocenters. The minimum absolute atomic E-state index is 0.0359. The zero-order chi connectivity index (χ0) is 10.6. The molecular weight excluding hydrogens is 204 g/mol. The molecule has 0 aliphatic rings. The fourth-order valence-corrected chi connectivity index (χ4v) is 1.97. The summed E-state index contributed by atoms with van der Waals surface area (Å²) in [6.45, 7) is 1.73. The number of hydrogen-bond donors (Lipinski definition) is 2. The number of sulfonamides is 1. The Bertz CT molecular complexity index is 417. The lowest BCUT2D eigenvalue weighted by Crippen LogP contribution is -2.33. The number of H-pyrrole nitrogens is 1. The molecule has 1 heterocycles. The van der Waals surface area contributed by atoms with Gasteiger partial charge in [0.2, 0.25) is 0 Å². The Morgan fingerprint density at radius 2 is 2.50 bits per heavy atom. The second kappa shape index (κ2) is 4.21. The van der Waals surface area contributed by atoms with Crippen molar-refractivity contribution < 1.29 is 8.42 Å². The van der Waals surface area contributed by atoms with Gasteiger partial charge in [0, 0.05) is 0 Å². The average molecular weight is 214 g/mol. The lowest BCUT2D eigenvalue weighted by molar-refractivity contribution is 0.566. The number of aromatic amines is 1. The first-order valence-corrected chi connectivity index (χ1v) is 5.48. The van der Waals surface area contributed by atoms with Crippen LogP contribution in [-0.4, -0.2) is 24.4 Å². The van der Waals surface area contributed by atoms with Crippen LogP contribution in [0.4, 0.5) is 0 Å². The fraction of sp³-hybridized carbons (Fsp3) is 0.429. The number of hydrogen-bond acceptors (Lipinski definition) is 4. The summed E-state index contributed by atoms with van der Waals surface area (Å²) < 4.78 is 25.2. The summed E-state index contributed by atoms with van der Waals surface area (Å²) in [5, 5.41) is 8.55. The molecule has 0 aliphatic carbocycles. The Kier molecular flexibility index (Phi) is 3.22. The van der Waals surface area contributed by atoms with Crippen molar-refractivity contribution >= 4 is 10.0 Å². The van der Waals surface area contributed by atoms with E-state index in [0.717, 1.165) is 0 Å². The molecule has 7 heteroatoms. The number of rotatable bonds is 4. The molecule has 2 N–H and O–H groups in total. The standard InChI is InChI=1S/C7H10N4O2S/c1-2-6(3-8)11-14(12,13)7-4-9-5-10-7/h4-6,11H,2H2,1H3,(H,9,10). The van der Waals surface area contributed by atoms with Crippen LogP contribution in [0.3, 0.4) is 0 Å². The van der Waals surface area contributed by atoms with Gasteiger partial charge in [-0.2, -0.15) is 9.98 Å². The highest BCUT2D eigenvalue weighted by Gasteiger charge is 2.19. The molecule has 0 aromatic carbocycles. The molecule has 0 amide bonds. The van der Waals surface area contributed by atoms with Crippen molar-refractivity contribution in [1.82, 2.24) is 14.7 Å². The van der Waals surface area contributed by atoms with Crippen molar-refractivity contribution in [3.05, 3.63) is 12.5 Å². The van der Waals surface area contributed by atoms with E-state index >= 15 is 0 Å². The van der Waals surface area contributed by atoms with E-state index in [2.05, 4.69) is 14.7 Å². The van der Waals surface area contributed by atoms with Gasteiger partial charge in [-0.25, -0.2) is 13.4 Å². The van der Waals surface area contributed by atoms with E-state index in [1.807, 2.05) is 6.07 Å². The van der Waals surface area contributed by atoms with Crippen LogP contribution in [0.15, 0.2) is 17.6 Å². The molecule has 1 rings (SSSR count). The number of nitrogens with one attached hydrogen (secondary N) is 2. The molecule has 1 aromatic rings. The second-order valence-corrected chi connectivity index (χ2v) is 4.31. The van der Waals surface area contributed by atoms with Gasteiger partial charge in [-0.15, -0.1) is 0 Å². The molecule has 76 valence electrons.